The van der Waals surface area contributed by atoms with E-state index in [9.17, 15) is 8.42 Å². The van der Waals surface area contributed by atoms with Crippen LogP contribution >= 0.6 is 0 Å². The maximum absolute atomic E-state index is 13.2. The third-order valence-corrected chi connectivity index (χ3v) is 6.34. The highest BCUT2D eigenvalue weighted by Crippen LogP contribution is 2.33. The molecule has 2 aromatic rings. The number of sulfonamides is 1. The van der Waals surface area contributed by atoms with Crippen molar-refractivity contribution in [1.29, 1.82) is 0 Å². The molecule has 0 spiro atoms. The van der Waals surface area contributed by atoms with Crippen LogP contribution in [0.4, 0.5) is 0 Å². The Balaban J connectivity index is 1.94. The first-order valence-electron chi connectivity index (χ1n) is 8.53. The normalized spacial score (nSPS) is 19.2. The summed E-state index contributed by atoms with van der Waals surface area (Å²) < 4.78 is 43.2. The minimum absolute atomic E-state index is 0.199. The first-order valence-corrected chi connectivity index (χ1v) is 9.97. The van der Waals surface area contributed by atoms with E-state index in [1.54, 1.807) is 31.4 Å². The fourth-order valence-electron chi connectivity index (χ4n) is 3.10. The predicted octanol–water partition coefficient (Wildman–Crippen LogP) is 2.53. The molecule has 0 unspecified atom stereocenters. The van der Waals surface area contributed by atoms with Crippen molar-refractivity contribution < 1.29 is 22.4 Å². The lowest BCUT2D eigenvalue weighted by molar-refractivity contribution is 0.151. The maximum Gasteiger partial charge on any atom is 0.252 e. The van der Waals surface area contributed by atoms with Crippen LogP contribution < -0.4 is 4.74 Å². The molecule has 0 aliphatic carbocycles. The van der Waals surface area contributed by atoms with Crippen LogP contribution in [0.15, 0.2) is 33.7 Å². The van der Waals surface area contributed by atoms with Crippen molar-refractivity contribution in [3.63, 3.8) is 0 Å². The average Bonchev–Trinajstić information content (AvgIpc) is 2.96. The van der Waals surface area contributed by atoms with Crippen LogP contribution in [0.2, 0.25) is 0 Å². The smallest absolute Gasteiger partial charge is 0.252 e. The zero-order valence-electron chi connectivity index (χ0n) is 14.9. The molecule has 1 aliphatic heterocycles. The minimum atomic E-state index is -3.69. The third kappa shape index (κ3) is 3.89. The summed E-state index contributed by atoms with van der Waals surface area (Å²) in [6, 6.07) is 5.96. The van der Waals surface area contributed by atoms with Gasteiger partial charge in [0.2, 0.25) is 10.0 Å². The molecule has 0 N–H and O–H groups in total. The number of benzene rings is 1. The number of ether oxygens (including phenoxy) is 2. The van der Waals surface area contributed by atoms with Crippen molar-refractivity contribution >= 4 is 10.0 Å². The largest absolute Gasteiger partial charge is 0.497 e. The Morgan fingerprint density at radius 2 is 1.96 bits per heavy atom. The Hall–Kier alpha value is -1.97. The minimum Gasteiger partial charge on any atom is -0.497 e. The van der Waals surface area contributed by atoms with Crippen LogP contribution in [-0.4, -0.2) is 43.6 Å². The Morgan fingerprint density at radius 1 is 1.19 bits per heavy atom. The van der Waals surface area contributed by atoms with Gasteiger partial charge in [-0.1, -0.05) is 18.0 Å². The molecule has 0 bridgehead atoms. The standard InChI is InChI=1S/C17H23N3O5S/c1-23-12-16-18-17(19-25-16)15-6-4-3-5-11-20(15)26(21,22)14-9-7-13(24-2)8-10-14/h7-10,15H,3-6,11-12H2,1-2H3/t15-/m1/s1. The van der Waals surface area contributed by atoms with Crippen LogP contribution in [0.25, 0.3) is 0 Å². The molecule has 3 rings (SSSR count). The second kappa shape index (κ2) is 8.15. The zero-order valence-corrected chi connectivity index (χ0v) is 15.7. The van der Waals surface area contributed by atoms with Crippen molar-refractivity contribution in [1.82, 2.24) is 14.4 Å². The summed E-state index contributed by atoms with van der Waals surface area (Å²) in [4.78, 5) is 4.55. The van der Waals surface area contributed by atoms with E-state index in [2.05, 4.69) is 10.1 Å². The summed E-state index contributed by atoms with van der Waals surface area (Å²) in [6.07, 6.45) is 3.33. The molecule has 2 heterocycles. The van der Waals surface area contributed by atoms with Crippen molar-refractivity contribution in [2.24, 2.45) is 0 Å². The van der Waals surface area contributed by atoms with E-state index in [1.807, 2.05) is 0 Å². The van der Waals surface area contributed by atoms with Gasteiger partial charge in [0.25, 0.3) is 5.89 Å². The molecule has 1 aliphatic rings. The Morgan fingerprint density at radius 3 is 2.65 bits per heavy atom. The molecule has 1 atom stereocenters. The van der Waals surface area contributed by atoms with Gasteiger partial charge in [0, 0.05) is 13.7 Å². The number of hydrogen-bond donors (Lipinski definition) is 0. The number of nitrogens with zero attached hydrogens (tertiary/aromatic N) is 3. The van der Waals surface area contributed by atoms with Gasteiger partial charge in [-0.25, -0.2) is 8.42 Å². The molecule has 0 radical (unpaired) electrons. The van der Waals surface area contributed by atoms with Gasteiger partial charge < -0.3 is 14.0 Å². The highest BCUT2D eigenvalue weighted by Gasteiger charge is 2.36. The van der Waals surface area contributed by atoms with Gasteiger partial charge in [-0.05, 0) is 37.1 Å². The second-order valence-electron chi connectivity index (χ2n) is 6.14. The van der Waals surface area contributed by atoms with Crippen molar-refractivity contribution in [2.45, 2.75) is 43.2 Å². The third-order valence-electron chi connectivity index (χ3n) is 4.42. The van der Waals surface area contributed by atoms with Crippen molar-refractivity contribution in [2.75, 3.05) is 20.8 Å². The van der Waals surface area contributed by atoms with Gasteiger partial charge in [-0.2, -0.15) is 9.29 Å². The Bertz CT molecular complexity index is 819. The molecule has 26 heavy (non-hydrogen) atoms. The van der Waals surface area contributed by atoms with Crippen LogP contribution in [0, 0.1) is 0 Å². The summed E-state index contributed by atoms with van der Waals surface area (Å²) in [5, 5.41) is 3.99. The Kier molecular flexibility index (Phi) is 5.90. The summed E-state index contributed by atoms with van der Waals surface area (Å²) in [7, 11) is -0.604. The van der Waals surface area contributed by atoms with E-state index in [0.29, 0.717) is 30.4 Å². The molecule has 0 amide bonds. The highest BCUT2D eigenvalue weighted by atomic mass is 32.2. The van der Waals surface area contributed by atoms with Gasteiger partial charge in [0.05, 0.1) is 18.0 Å². The molecular formula is C17H23N3O5S. The van der Waals surface area contributed by atoms with Gasteiger partial charge >= 0.3 is 0 Å². The van der Waals surface area contributed by atoms with E-state index in [1.165, 1.54) is 11.4 Å². The predicted molar refractivity (Wildman–Crippen MR) is 93.1 cm³/mol. The lowest BCUT2D eigenvalue weighted by Gasteiger charge is -2.27. The van der Waals surface area contributed by atoms with E-state index in [4.69, 9.17) is 14.0 Å². The molecule has 142 valence electrons. The molecule has 1 saturated heterocycles. The van der Waals surface area contributed by atoms with Gasteiger partial charge in [0.15, 0.2) is 5.82 Å². The van der Waals surface area contributed by atoms with E-state index in [-0.39, 0.29) is 11.5 Å². The van der Waals surface area contributed by atoms with Crippen LogP contribution in [0.5, 0.6) is 5.75 Å². The fraction of sp³-hybridized carbons (Fsp3) is 0.529. The summed E-state index contributed by atoms with van der Waals surface area (Å²) in [5.74, 6) is 1.34. The number of aromatic nitrogens is 2. The average molecular weight is 381 g/mol. The van der Waals surface area contributed by atoms with Crippen LogP contribution in [0.3, 0.4) is 0 Å². The molecule has 1 fully saturated rings. The maximum atomic E-state index is 13.2. The van der Waals surface area contributed by atoms with Gasteiger partial charge in [-0.3, -0.25) is 0 Å². The number of methoxy groups -OCH3 is 2. The van der Waals surface area contributed by atoms with Gasteiger partial charge in [0.1, 0.15) is 12.4 Å². The first-order chi connectivity index (χ1) is 12.6. The zero-order chi connectivity index (χ0) is 18.6. The van der Waals surface area contributed by atoms with Gasteiger partial charge in [-0.15, -0.1) is 0 Å². The lowest BCUT2D eigenvalue weighted by atomic mass is 10.1. The number of hydrogen-bond acceptors (Lipinski definition) is 7. The molecule has 1 aromatic heterocycles. The molecule has 1 aromatic carbocycles. The first kappa shape index (κ1) is 18.8. The highest BCUT2D eigenvalue weighted by molar-refractivity contribution is 7.89. The van der Waals surface area contributed by atoms with Crippen LogP contribution in [0.1, 0.15) is 43.4 Å². The number of rotatable bonds is 6. The Labute approximate surface area is 153 Å². The topological polar surface area (TPSA) is 94.8 Å². The van der Waals surface area contributed by atoms with Crippen molar-refractivity contribution in [3.05, 3.63) is 36.0 Å². The fourth-order valence-corrected chi connectivity index (χ4v) is 4.75. The van der Waals surface area contributed by atoms with E-state index >= 15 is 0 Å². The van der Waals surface area contributed by atoms with Crippen molar-refractivity contribution in [3.8, 4) is 5.75 Å². The second-order valence-corrected chi connectivity index (χ2v) is 8.03. The summed E-state index contributed by atoms with van der Waals surface area (Å²) in [5.41, 5.74) is 0. The van der Waals surface area contributed by atoms with Crippen LogP contribution in [-0.2, 0) is 21.4 Å². The monoisotopic (exact) mass is 381 g/mol. The van der Waals surface area contributed by atoms with E-state index < -0.39 is 16.1 Å². The summed E-state index contributed by atoms with van der Waals surface area (Å²) in [6.45, 7) is 0.623. The molecule has 9 heteroatoms. The molecule has 8 nitrogen and oxygen atoms in total. The molecule has 0 saturated carbocycles. The quantitative estimate of drug-likeness (QED) is 0.759. The van der Waals surface area contributed by atoms with E-state index in [0.717, 1.165) is 19.3 Å². The molecular weight excluding hydrogens is 358 g/mol. The SMILES string of the molecule is COCc1nc([C@H]2CCCCCN2S(=O)(=O)c2ccc(OC)cc2)no1. The lowest BCUT2D eigenvalue weighted by Crippen LogP contribution is -2.35. The summed E-state index contributed by atoms with van der Waals surface area (Å²) >= 11 is 0.